The maximum atomic E-state index is 5.45. The molecule has 2 heterocycles. The highest BCUT2D eigenvalue weighted by atomic mass is 15.3. The molecule has 0 fully saturated rings. The molecule has 8 aromatic rings. The molecule has 7 aromatic carbocycles. The SMILES string of the molecule is CN1C(c2cccc(-c3cc(-c4ccc5ccccc5c4)c4cc5c(cc4n3)C(C)(C)c3ccccc3-5)c2)=NC(c2ccccc2)=NC1c1ccccc1. The van der Waals surface area contributed by atoms with Crippen LogP contribution in [0.3, 0.4) is 0 Å². The minimum atomic E-state index is -0.217. The Kier molecular flexibility index (Phi) is 7.41. The van der Waals surface area contributed by atoms with E-state index in [1.807, 2.05) is 24.3 Å². The number of fused-ring (bicyclic) bond motifs is 5. The van der Waals surface area contributed by atoms with Crippen LogP contribution in [0.4, 0.5) is 0 Å². The second-order valence-electron chi connectivity index (χ2n) is 14.9. The monoisotopic (exact) mass is 694 g/mol. The number of aromatic nitrogens is 1. The van der Waals surface area contributed by atoms with E-state index in [0.29, 0.717) is 0 Å². The summed E-state index contributed by atoms with van der Waals surface area (Å²) in [7, 11) is 2.08. The van der Waals surface area contributed by atoms with Gasteiger partial charge in [-0.15, -0.1) is 0 Å². The second-order valence-corrected chi connectivity index (χ2v) is 14.9. The Labute approximate surface area is 315 Å². The van der Waals surface area contributed by atoms with E-state index in [-0.39, 0.29) is 11.6 Å². The Balaban J connectivity index is 1.15. The average Bonchev–Trinajstić information content (AvgIpc) is 3.45. The first-order valence-corrected chi connectivity index (χ1v) is 18.6. The first-order valence-electron chi connectivity index (χ1n) is 18.6. The molecule has 1 aliphatic heterocycles. The minimum absolute atomic E-state index is 0.127. The Morgan fingerprint density at radius 1 is 0.519 bits per heavy atom. The fourth-order valence-electron chi connectivity index (χ4n) is 8.43. The summed E-state index contributed by atoms with van der Waals surface area (Å²) in [5, 5.41) is 3.61. The topological polar surface area (TPSA) is 40.9 Å². The maximum absolute atomic E-state index is 5.45. The van der Waals surface area contributed by atoms with E-state index in [4.69, 9.17) is 15.0 Å². The highest BCUT2D eigenvalue weighted by Gasteiger charge is 2.36. The summed E-state index contributed by atoms with van der Waals surface area (Å²) in [6, 6.07) is 60.6. The van der Waals surface area contributed by atoms with Crippen molar-refractivity contribution in [3.8, 4) is 33.5 Å². The summed E-state index contributed by atoms with van der Waals surface area (Å²) in [4.78, 5) is 18.0. The van der Waals surface area contributed by atoms with Crippen molar-refractivity contribution >= 4 is 33.3 Å². The van der Waals surface area contributed by atoms with Crippen molar-refractivity contribution in [1.29, 1.82) is 0 Å². The molecule has 4 heteroatoms. The lowest BCUT2D eigenvalue weighted by Crippen LogP contribution is -2.35. The van der Waals surface area contributed by atoms with Gasteiger partial charge in [0.25, 0.3) is 0 Å². The van der Waals surface area contributed by atoms with Crippen molar-refractivity contribution in [3.05, 3.63) is 198 Å². The molecule has 2 aliphatic rings. The third-order valence-electron chi connectivity index (χ3n) is 11.3. The van der Waals surface area contributed by atoms with E-state index in [1.54, 1.807) is 0 Å². The van der Waals surface area contributed by atoms with Crippen LogP contribution in [0.1, 0.15) is 47.8 Å². The van der Waals surface area contributed by atoms with Gasteiger partial charge in [-0.05, 0) is 80.0 Å². The molecule has 1 atom stereocenters. The molecule has 0 bridgehead atoms. The number of rotatable bonds is 5. The number of pyridine rings is 1. The van der Waals surface area contributed by atoms with Gasteiger partial charge in [-0.25, -0.2) is 15.0 Å². The van der Waals surface area contributed by atoms with E-state index in [2.05, 4.69) is 171 Å². The molecular weight excluding hydrogens is 657 g/mol. The molecule has 0 saturated carbocycles. The number of hydrogen-bond donors (Lipinski definition) is 0. The molecule has 0 amide bonds. The van der Waals surface area contributed by atoms with Crippen molar-refractivity contribution in [3.63, 3.8) is 0 Å². The van der Waals surface area contributed by atoms with Crippen LogP contribution >= 0.6 is 0 Å². The number of aliphatic imine (C=N–C) groups is 2. The fourth-order valence-corrected chi connectivity index (χ4v) is 8.43. The van der Waals surface area contributed by atoms with Gasteiger partial charge in [-0.2, -0.15) is 0 Å². The largest absolute Gasteiger partial charge is 0.333 e. The summed E-state index contributed by atoms with van der Waals surface area (Å²) in [6.45, 7) is 4.66. The smallest absolute Gasteiger partial charge is 0.159 e. The van der Waals surface area contributed by atoms with Crippen molar-refractivity contribution in [2.75, 3.05) is 7.05 Å². The van der Waals surface area contributed by atoms with Gasteiger partial charge in [-0.3, -0.25) is 0 Å². The van der Waals surface area contributed by atoms with Gasteiger partial charge < -0.3 is 4.90 Å². The summed E-state index contributed by atoms with van der Waals surface area (Å²) < 4.78 is 0. The van der Waals surface area contributed by atoms with Crippen LogP contribution in [0.15, 0.2) is 180 Å². The summed E-state index contributed by atoms with van der Waals surface area (Å²) >= 11 is 0. The lowest BCUT2D eigenvalue weighted by atomic mass is 9.82. The standard InChI is InChI=1S/C50H38N4/c1-50(2)43-24-13-12-23-39(43)41-29-42-40(36-26-25-32-15-10-11-20-35(32)27-36)30-45(51-46(42)31-44(41)50)37-21-14-22-38(28-37)49-53-47(33-16-6-4-7-17-33)52-48(54(49)3)34-18-8-5-9-19-34/h4-31,48H,1-3H3. The van der Waals surface area contributed by atoms with E-state index in [1.165, 1.54) is 44.2 Å². The van der Waals surface area contributed by atoms with Crippen LogP contribution < -0.4 is 0 Å². The number of nitrogens with zero attached hydrogens (tertiary/aromatic N) is 4. The Morgan fingerprint density at radius 2 is 1.22 bits per heavy atom. The summed E-state index contributed by atoms with van der Waals surface area (Å²) in [5.41, 5.74) is 13.6. The number of hydrogen-bond acceptors (Lipinski definition) is 4. The van der Waals surface area contributed by atoms with Crippen molar-refractivity contribution in [1.82, 2.24) is 9.88 Å². The minimum Gasteiger partial charge on any atom is -0.333 e. The van der Waals surface area contributed by atoms with Crippen LogP contribution in [0.5, 0.6) is 0 Å². The van der Waals surface area contributed by atoms with Gasteiger partial charge in [0, 0.05) is 34.5 Å². The maximum Gasteiger partial charge on any atom is 0.159 e. The molecule has 54 heavy (non-hydrogen) atoms. The van der Waals surface area contributed by atoms with E-state index in [0.717, 1.165) is 50.5 Å². The fraction of sp³-hybridized carbons (Fsp3) is 0.100. The predicted octanol–water partition coefficient (Wildman–Crippen LogP) is 11.9. The molecule has 0 N–H and O–H groups in total. The molecule has 0 radical (unpaired) electrons. The van der Waals surface area contributed by atoms with Crippen LogP contribution in [-0.4, -0.2) is 28.6 Å². The molecule has 258 valence electrons. The van der Waals surface area contributed by atoms with Gasteiger partial charge in [0.15, 0.2) is 5.84 Å². The average molecular weight is 695 g/mol. The van der Waals surface area contributed by atoms with Gasteiger partial charge in [0.2, 0.25) is 0 Å². The Bertz CT molecular complexity index is 2820. The normalized spacial score (nSPS) is 15.8. The molecule has 1 aliphatic carbocycles. The summed E-state index contributed by atoms with van der Waals surface area (Å²) in [6.07, 6.45) is -0.217. The van der Waals surface area contributed by atoms with Gasteiger partial charge in [0.05, 0.1) is 11.2 Å². The van der Waals surface area contributed by atoms with Crippen LogP contribution in [-0.2, 0) is 5.41 Å². The number of amidine groups is 2. The zero-order valence-corrected chi connectivity index (χ0v) is 30.5. The van der Waals surface area contributed by atoms with Crippen LogP contribution in [0.25, 0.3) is 55.2 Å². The lowest BCUT2D eigenvalue weighted by Gasteiger charge is -2.32. The van der Waals surface area contributed by atoms with Crippen molar-refractivity contribution in [2.24, 2.45) is 9.98 Å². The first kappa shape index (κ1) is 32.0. The quantitative estimate of drug-likeness (QED) is 0.180. The molecule has 1 aromatic heterocycles. The molecule has 0 spiro atoms. The molecule has 1 unspecified atom stereocenters. The molecule has 4 nitrogen and oxygen atoms in total. The zero-order valence-electron chi connectivity index (χ0n) is 30.5. The summed E-state index contributed by atoms with van der Waals surface area (Å²) in [5.74, 6) is 1.59. The first-order chi connectivity index (χ1) is 26.4. The van der Waals surface area contributed by atoms with E-state index < -0.39 is 0 Å². The van der Waals surface area contributed by atoms with Gasteiger partial charge in [0.1, 0.15) is 12.0 Å². The predicted molar refractivity (Wildman–Crippen MR) is 224 cm³/mol. The second kappa shape index (κ2) is 12.5. The van der Waals surface area contributed by atoms with Crippen molar-refractivity contribution < 1.29 is 0 Å². The molecule has 10 rings (SSSR count). The molecule has 0 saturated heterocycles. The Hall–Kier alpha value is -6.65. The Morgan fingerprint density at radius 3 is 2.06 bits per heavy atom. The van der Waals surface area contributed by atoms with Crippen LogP contribution in [0, 0.1) is 0 Å². The molecular formula is C50H38N4. The highest BCUT2D eigenvalue weighted by molar-refractivity contribution is 6.13. The third-order valence-corrected chi connectivity index (χ3v) is 11.3. The van der Waals surface area contributed by atoms with E-state index in [9.17, 15) is 0 Å². The third kappa shape index (κ3) is 5.25. The lowest BCUT2D eigenvalue weighted by molar-refractivity contribution is 0.383. The van der Waals surface area contributed by atoms with Gasteiger partial charge >= 0.3 is 0 Å². The van der Waals surface area contributed by atoms with Crippen LogP contribution in [0.2, 0.25) is 0 Å². The van der Waals surface area contributed by atoms with Gasteiger partial charge in [-0.1, -0.05) is 153 Å². The van der Waals surface area contributed by atoms with Crippen molar-refractivity contribution in [2.45, 2.75) is 25.4 Å². The highest BCUT2D eigenvalue weighted by Crippen LogP contribution is 2.50. The number of benzene rings is 7. The zero-order chi connectivity index (χ0) is 36.4. The van der Waals surface area contributed by atoms with E-state index >= 15 is 0 Å².